The number of nitro groups is 1. The number of para-hydroxylation sites is 1. The fourth-order valence-electron chi connectivity index (χ4n) is 2.72. The number of ether oxygens (including phenoxy) is 1. The minimum absolute atomic E-state index is 0.175. The number of carbonyl (C=O) groups is 1. The topological polar surface area (TPSA) is 93.5 Å². The molecule has 7 nitrogen and oxygen atoms in total. The highest BCUT2D eigenvalue weighted by molar-refractivity contribution is 6.06. The van der Waals surface area contributed by atoms with Crippen LogP contribution in [-0.2, 0) is 0 Å². The standard InChI is InChI=1S/C21H19N3O4/c1-14-8-11-20(28-2)18(12-14)23-21(25)15-9-10-17(19(13-15)24(26)27)22-16-6-4-3-5-7-16/h3-13,22H,1-2H3,(H,23,25). The van der Waals surface area contributed by atoms with Crippen LogP contribution < -0.4 is 15.4 Å². The molecule has 0 spiro atoms. The van der Waals surface area contributed by atoms with Gasteiger partial charge in [0.15, 0.2) is 0 Å². The summed E-state index contributed by atoms with van der Waals surface area (Å²) < 4.78 is 5.25. The van der Waals surface area contributed by atoms with Crippen LogP contribution in [0, 0.1) is 17.0 Å². The molecule has 0 radical (unpaired) electrons. The number of benzene rings is 3. The monoisotopic (exact) mass is 377 g/mol. The maximum Gasteiger partial charge on any atom is 0.293 e. The van der Waals surface area contributed by atoms with Gasteiger partial charge in [-0.05, 0) is 48.9 Å². The number of nitrogens with one attached hydrogen (secondary N) is 2. The molecule has 0 heterocycles. The lowest BCUT2D eigenvalue weighted by Crippen LogP contribution is -2.13. The Morgan fingerprint density at radius 2 is 1.75 bits per heavy atom. The zero-order chi connectivity index (χ0) is 20.1. The lowest BCUT2D eigenvalue weighted by molar-refractivity contribution is -0.383. The molecule has 0 saturated heterocycles. The quantitative estimate of drug-likeness (QED) is 0.470. The third-order valence-electron chi connectivity index (χ3n) is 4.11. The van der Waals surface area contributed by atoms with Crippen LogP contribution in [0.4, 0.5) is 22.7 Å². The van der Waals surface area contributed by atoms with Crippen molar-refractivity contribution in [2.75, 3.05) is 17.7 Å². The molecule has 7 heteroatoms. The van der Waals surface area contributed by atoms with Gasteiger partial charge in [-0.15, -0.1) is 0 Å². The van der Waals surface area contributed by atoms with Gasteiger partial charge in [-0.1, -0.05) is 24.3 Å². The number of hydrogen-bond donors (Lipinski definition) is 2. The zero-order valence-electron chi connectivity index (χ0n) is 15.4. The van der Waals surface area contributed by atoms with Crippen LogP contribution in [0.2, 0.25) is 0 Å². The SMILES string of the molecule is COc1ccc(C)cc1NC(=O)c1ccc(Nc2ccccc2)c([N+](=O)[O-])c1. The lowest BCUT2D eigenvalue weighted by Gasteiger charge is -2.12. The van der Waals surface area contributed by atoms with Gasteiger partial charge in [-0.2, -0.15) is 0 Å². The molecular formula is C21H19N3O4. The van der Waals surface area contributed by atoms with Gasteiger partial charge in [0.05, 0.1) is 17.7 Å². The molecule has 2 N–H and O–H groups in total. The van der Waals surface area contributed by atoms with E-state index in [9.17, 15) is 14.9 Å². The van der Waals surface area contributed by atoms with Crippen molar-refractivity contribution >= 4 is 28.7 Å². The molecule has 0 bridgehead atoms. The number of methoxy groups -OCH3 is 1. The number of nitrogens with zero attached hydrogens (tertiary/aromatic N) is 1. The smallest absolute Gasteiger partial charge is 0.293 e. The van der Waals surface area contributed by atoms with E-state index in [4.69, 9.17) is 4.74 Å². The van der Waals surface area contributed by atoms with E-state index in [-0.39, 0.29) is 11.3 Å². The Hall–Kier alpha value is -3.87. The summed E-state index contributed by atoms with van der Waals surface area (Å²) in [5, 5.41) is 17.3. The second-order valence-electron chi connectivity index (χ2n) is 6.14. The normalized spacial score (nSPS) is 10.2. The second-order valence-corrected chi connectivity index (χ2v) is 6.14. The second kappa shape index (κ2) is 8.22. The summed E-state index contributed by atoms with van der Waals surface area (Å²) in [5.74, 6) is 0.0501. The first-order chi connectivity index (χ1) is 13.5. The van der Waals surface area contributed by atoms with E-state index in [0.29, 0.717) is 22.8 Å². The Labute approximate surface area is 162 Å². The summed E-state index contributed by atoms with van der Waals surface area (Å²) in [4.78, 5) is 23.6. The van der Waals surface area contributed by atoms with Gasteiger partial charge in [0.1, 0.15) is 11.4 Å². The Morgan fingerprint density at radius 1 is 1.00 bits per heavy atom. The maximum atomic E-state index is 12.6. The largest absolute Gasteiger partial charge is 0.495 e. The van der Waals surface area contributed by atoms with E-state index in [1.54, 1.807) is 24.3 Å². The molecule has 3 rings (SSSR count). The van der Waals surface area contributed by atoms with Crippen LogP contribution in [0.25, 0.3) is 0 Å². The fourth-order valence-corrected chi connectivity index (χ4v) is 2.72. The van der Waals surface area contributed by atoms with Crippen LogP contribution in [0.15, 0.2) is 66.7 Å². The molecule has 0 atom stereocenters. The molecule has 3 aromatic carbocycles. The van der Waals surface area contributed by atoms with Gasteiger partial charge in [-0.25, -0.2) is 0 Å². The summed E-state index contributed by atoms with van der Waals surface area (Å²) in [7, 11) is 1.51. The minimum Gasteiger partial charge on any atom is -0.495 e. The molecule has 28 heavy (non-hydrogen) atoms. The number of carbonyl (C=O) groups excluding carboxylic acids is 1. The molecule has 0 aliphatic carbocycles. The van der Waals surface area contributed by atoms with Gasteiger partial charge in [-0.3, -0.25) is 14.9 Å². The van der Waals surface area contributed by atoms with Crippen molar-refractivity contribution in [1.29, 1.82) is 0 Å². The van der Waals surface area contributed by atoms with Crippen molar-refractivity contribution in [2.45, 2.75) is 6.92 Å². The van der Waals surface area contributed by atoms with Gasteiger partial charge >= 0.3 is 0 Å². The maximum absolute atomic E-state index is 12.6. The molecule has 0 aromatic heterocycles. The van der Waals surface area contributed by atoms with E-state index in [0.717, 1.165) is 5.56 Å². The minimum atomic E-state index is -0.519. The Morgan fingerprint density at radius 3 is 2.43 bits per heavy atom. The van der Waals surface area contributed by atoms with Crippen molar-refractivity contribution in [3.8, 4) is 5.75 Å². The van der Waals surface area contributed by atoms with Crippen LogP contribution in [0.1, 0.15) is 15.9 Å². The summed E-state index contributed by atoms with van der Waals surface area (Å²) in [6.07, 6.45) is 0. The first kappa shape index (κ1) is 18.9. The van der Waals surface area contributed by atoms with Crippen LogP contribution in [0.5, 0.6) is 5.75 Å². The predicted octanol–water partition coefficient (Wildman–Crippen LogP) is 4.91. The van der Waals surface area contributed by atoms with Crippen molar-refractivity contribution < 1.29 is 14.5 Å². The zero-order valence-corrected chi connectivity index (χ0v) is 15.4. The third-order valence-corrected chi connectivity index (χ3v) is 4.11. The first-order valence-electron chi connectivity index (χ1n) is 8.54. The average molecular weight is 377 g/mol. The first-order valence-corrected chi connectivity index (χ1v) is 8.54. The van der Waals surface area contributed by atoms with Crippen molar-refractivity contribution in [1.82, 2.24) is 0 Å². The van der Waals surface area contributed by atoms with E-state index in [1.165, 1.54) is 25.3 Å². The van der Waals surface area contributed by atoms with Crippen molar-refractivity contribution in [3.05, 3.63) is 88.0 Å². The molecule has 142 valence electrons. The highest BCUT2D eigenvalue weighted by Gasteiger charge is 2.18. The number of anilines is 3. The average Bonchev–Trinajstić information content (AvgIpc) is 2.69. The molecule has 0 unspecified atom stereocenters. The molecule has 0 saturated carbocycles. The van der Waals surface area contributed by atoms with E-state index >= 15 is 0 Å². The Bertz CT molecular complexity index is 1020. The number of aryl methyl sites for hydroxylation is 1. The summed E-state index contributed by atoms with van der Waals surface area (Å²) in [6, 6.07) is 18.8. The fraction of sp³-hybridized carbons (Fsp3) is 0.0952. The van der Waals surface area contributed by atoms with E-state index in [1.807, 2.05) is 31.2 Å². The Kier molecular flexibility index (Phi) is 5.55. The lowest BCUT2D eigenvalue weighted by atomic mass is 10.1. The summed E-state index contributed by atoms with van der Waals surface area (Å²) >= 11 is 0. The van der Waals surface area contributed by atoms with Gasteiger partial charge in [0.2, 0.25) is 0 Å². The third kappa shape index (κ3) is 4.27. The molecular weight excluding hydrogens is 358 g/mol. The predicted molar refractivity (Wildman–Crippen MR) is 109 cm³/mol. The van der Waals surface area contributed by atoms with Gasteiger partial charge in [0.25, 0.3) is 11.6 Å². The molecule has 3 aromatic rings. The van der Waals surface area contributed by atoms with E-state index in [2.05, 4.69) is 10.6 Å². The number of amides is 1. The summed E-state index contributed by atoms with van der Waals surface area (Å²) in [6.45, 7) is 1.89. The van der Waals surface area contributed by atoms with Crippen LogP contribution in [-0.4, -0.2) is 17.9 Å². The molecule has 0 aliphatic heterocycles. The van der Waals surface area contributed by atoms with E-state index < -0.39 is 10.8 Å². The van der Waals surface area contributed by atoms with Crippen molar-refractivity contribution in [3.63, 3.8) is 0 Å². The van der Waals surface area contributed by atoms with Gasteiger partial charge in [0, 0.05) is 17.3 Å². The number of nitro benzene ring substituents is 1. The van der Waals surface area contributed by atoms with Crippen molar-refractivity contribution in [2.24, 2.45) is 0 Å². The molecule has 0 fully saturated rings. The van der Waals surface area contributed by atoms with Crippen LogP contribution in [0.3, 0.4) is 0 Å². The number of hydrogen-bond acceptors (Lipinski definition) is 5. The Balaban J connectivity index is 1.88. The highest BCUT2D eigenvalue weighted by Crippen LogP contribution is 2.30. The number of rotatable bonds is 6. The highest BCUT2D eigenvalue weighted by atomic mass is 16.6. The molecule has 1 amide bonds. The van der Waals surface area contributed by atoms with Gasteiger partial charge < -0.3 is 15.4 Å². The molecule has 0 aliphatic rings. The summed E-state index contributed by atoms with van der Waals surface area (Å²) in [5.41, 5.74) is 2.46. The van der Waals surface area contributed by atoms with Crippen LogP contribution >= 0.6 is 0 Å².